The van der Waals surface area contributed by atoms with E-state index in [9.17, 15) is 14.9 Å². The molecule has 1 N–H and O–H groups in total. The minimum absolute atomic E-state index is 0.0192. The molecule has 2 aromatic rings. The van der Waals surface area contributed by atoms with Crippen LogP contribution < -0.4 is 10.1 Å². The van der Waals surface area contributed by atoms with Gasteiger partial charge in [0.05, 0.1) is 4.92 Å². The van der Waals surface area contributed by atoms with Gasteiger partial charge in [-0.05, 0) is 31.2 Å². The average Bonchev–Trinajstić information content (AvgIpc) is 2.54. The minimum atomic E-state index is -0.709. The topological polar surface area (TPSA) is 81.5 Å². The van der Waals surface area contributed by atoms with Crippen LogP contribution in [0.1, 0.15) is 12.5 Å². The highest BCUT2D eigenvalue weighted by molar-refractivity contribution is 9.10. The summed E-state index contributed by atoms with van der Waals surface area (Å²) in [6.45, 7) is 1.70. The summed E-state index contributed by atoms with van der Waals surface area (Å²) in [6.07, 6.45) is -0.709. The second-order valence-corrected chi connectivity index (χ2v) is 5.73. The van der Waals surface area contributed by atoms with Crippen LogP contribution in [0.15, 0.2) is 53.0 Å². The van der Waals surface area contributed by atoms with Crippen molar-refractivity contribution in [2.75, 3.05) is 0 Å². The van der Waals surface area contributed by atoms with E-state index in [4.69, 9.17) is 4.74 Å². The van der Waals surface area contributed by atoms with Gasteiger partial charge in [0.25, 0.3) is 11.6 Å². The molecule has 0 aliphatic carbocycles. The van der Waals surface area contributed by atoms with Crippen LogP contribution in [-0.2, 0) is 11.3 Å². The SMILES string of the molecule is CC(Oc1ccc(Br)cc1)C(=O)NCc1ccccc1[N+](=O)[O-]. The Morgan fingerprint density at radius 2 is 1.91 bits per heavy atom. The lowest BCUT2D eigenvalue weighted by Crippen LogP contribution is -2.36. The second-order valence-electron chi connectivity index (χ2n) is 4.82. The lowest BCUT2D eigenvalue weighted by atomic mass is 10.2. The number of carbonyl (C=O) groups excluding carboxylic acids is 1. The van der Waals surface area contributed by atoms with Crippen LogP contribution >= 0.6 is 15.9 Å². The standard InChI is InChI=1S/C16H15BrN2O4/c1-11(23-14-8-6-13(17)7-9-14)16(20)18-10-12-4-2-3-5-15(12)19(21)22/h2-9,11H,10H2,1H3,(H,18,20). The monoisotopic (exact) mass is 378 g/mol. The van der Waals surface area contributed by atoms with E-state index in [-0.39, 0.29) is 18.1 Å². The number of nitrogens with one attached hydrogen (secondary N) is 1. The molecule has 0 bridgehead atoms. The molecule has 23 heavy (non-hydrogen) atoms. The smallest absolute Gasteiger partial charge is 0.274 e. The van der Waals surface area contributed by atoms with Gasteiger partial charge in [0.1, 0.15) is 5.75 Å². The molecular formula is C16H15BrN2O4. The summed E-state index contributed by atoms with van der Waals surface area (Å²) in [7, 11) is 0. The fraction of sp³-hybridized carbons (Fsp3) is 0.188. The summed E-state index contributed by atoms with van der Waals surface area (Å²) >= 11 is 3.32. The summed E-state index contributed by atoms with van der Waals surface area (Å²) in [5.74, 6) is 0.229. The van der Waals surface area contributed by atoms with E-state index in [2.05, 4.69) is 21.2 Å². The van der Waals surface area contributed by atoms with Crippen LogP contribution in [0, 0.1) is 10.1 Å². The predicted octanol–water partition coefficient (Wildman–Crippen LogP) is 3.44. The van der Waals surface area contributed by atoms with Crippen molar-refractivity contribution >= 4 is 27.5 Å². The first kappa shape index (κ1) is 17.0. The highest BCUT2D eigenvalue weighted by Crippen LogP contribution is 2.18. The van der Waals surface area contributed by atoms with Crippen molar-refractivity contribution in [3.63, 3.8) is 0 Å². The molecule has 1 unspecified atom stereocenters. The molecule has 2 rings (SSSR count). The van der Waals surface area contributed by atoms with Crippen LogP contribution in [0.5, 0.6) is 5.75 Å². The summed E-state index contributed by atoms with van der Waals surface area (Å²) in [4.78, 5) is 22.5. The van der Waals surface area contributed by atoms with Crippen molar-refractivity contribution in [3.8, 4) is 5.75 Å². The third kappa shape index (κ3) is 4.79. The molecule has 0 saturated heterocycles. The van der Waals surface area contributed by atoms with Crippen molar-refractivity contribution < 1.29 is 14.5 Å². The highest BCUT2D eigenvalue weighted by atomic mass is 79.9. The Balaban J connectivity index is 1.94. The number of hydrogen-bond acceptors (Lipinski definition) is 4. The van der Waals surface area contributed by atoms with Crippen molar-refractivity contribution in [1.29, 1.82) is 0 Å². The van der Waals surface area contributed by atoms with Crippen LogP contribution in [-0.4, -0.2) is 16.9 Å². The number of rotatable bonds is 6. The molecule has 0 spiro atoms. The van der Waals surface area contributed by atoms with E-state index in [0.29, 0.717) is 11.3 Å². The number of nitrogens with zero attached hydrogens (tertiary/aromatic N) is 1. The molecule has 0 aliphatic heterocycles. The Labute approximate surface area is 141 Å². The Morgan fingerprint density at radius 3 is 2.57 bits per heavy atom. The van der Waals surface area contributed by atoms with E-state index in [1.54, 1.807) is 37.3 Å². The molecular weight excluding hydrogens is 364 g/mol. The Kier molecular flexibility index (Phi) is 5.70. The number of benzene rings is 2. The van der Waals surface area contributed by atoms with Crippen LogP contribution in [0.3, 0.4) is 0 Å². The molecule has 6 nitrogen and oxygen atoms in total. The molecule has 0 aromatic heterocycles. The predicted molar refractivity (Wildman–Crippen MR) is 89.2 cm³/mol. The minimum Gasteiger partial charge on any atom is -0.481 e. The number of hydrogen-bond donors (Lipinski definition) is 1. The molecule has 0 saturated carbocycles. The van der Waals surface area contributed by atoms with Gasteiger partial charge in [0.15, 0.2) is 6.10 Å². The number of para-hydroxylation sites is 1. The van der Waals surface area contributed by atoms with Gasteiger partial charge in [-0.2, -0.15) is 0 Å². The third-order valence-corrected chi connectivity index (χ3v) is 3.67. The molecule has 7 heteroatoms. The van der Waals surface area contributed by atoms with Gasteiger partial charge in [-0.25, -0.2) is 0 Å². The quantitative estimate of drug-likeness (QED) is 0.616. The molecule has 0 aliphatic rings. The first-order chi connectivity index (χ1) is 11.0. The molecule has 0 radical (unpaired) electrons. The van der Waals surface area contributed by atoms with E-state index in [1.807, 2.05) is 12.1 Å². The van der Waals surface area contributed by atoms with E-state index in [1.165, 1.54) is 6.07 Å². The van der Waals surface area contributed by atoms with Crippen molar-refractivity contribution in [1.82, 2.24) is 5.32 Å². The summed E-state index contributed by atoms with van der Waals surface area (Å²) in [5, 5.41) is 13.6. The Morgan fingerprint density at radius 1 is 1.26 bits per heavy atom. The van der Waals surface area contributed by atoms with Crippen molar-refractivity contribution in [2.24, 2.45) is 0 Å². The Hall–Kier alpha value is -2.41. The van der Waals surface area contributed by atoms with Gasteiger partial charge in [0, 0.05) is 22.6 Å². The van der Waals surface area contributed by atoms with Gasteiger partial charge in [-0.3, -0.25) is 14.9 Å². The first-order valence-corrected chi connectivity index (χ1v) is 7.69. The summed E-state index contributed by atoms with van der Waals surface area (Å²) in [5.41, 5.74) is 0.427. The normalized spacial score (nSPS) is 11.6. The maximum absolute atomic E-state index is 12.1. The highest BCUT2D eigenvalue weighted by Gasteiger charge is 2.17. The van der Waals surface area contributed by atoms with Gasteiger partial charge in [-0.15, -0.1) is 0 Å². The molecule has 2 aromatic carbocycles. The second kappa shape index (κ2) is 7.73. The van der Waals surface area contributed by atoms with Gasteiger partial charge in [-0.1, -0.05) is 34.1 Å². The van der Waals surface area contributed by atoms with Gasteiger partial charge in [0.2, 0.25) is 0 Å². The number of halogens is 1. The number of ether oxygens (including phenoxy) is 1. The van der Waals surface area contributed by atoms with E-state index >= 15 is 0 Å². The fourth-order valence-electron chi connectivity index (χ4n) is 1.94. The Bertz CT molecular complexity index is 703. The molecule has 1 amide bonds. The van der Waals surface area contributed by atoms with Crippen molar-refractivity contribution in [2.45, 2.75) is 19.6 Å². The zero-order valence-electron chi connectivity index (χ0n) is 12.4. The summed E-state index contributed by atoms with van der Waals surface area (Å²) < 4.78 is 6.45. The average molecular weight is 379 g/mol. The fourth-order valence-corrected chi connectivity index (χ4v) is 2.20. The first-order valence-electron chi connectivity index (χ1n) is 6.89. The number of nitro groups is 1. The maximum atomic E-state index is 12.1. The summed E-state index contributed by atoms with van der Waals surface area (Å²) in [6, 6.07) is 13.4. The molecule has 0 heterocycles. The largest absolute Gasteiger partial charge is 0.481 e. The van der Waals surface area contributed by atoms with Crippen LogP contribution in [0.25, 0.3) is 0 Å². The zero-order chi connectivity index (χ0) is 16.8. The van der Waals surface area contributed by atoms with Crippen LogP contribution in [0.2, 0.25) is 0 Å². The lowest BCUT2D eigenvalue weighted by Gasteiger charge is -2.14. The number of carbonyl (C=O) groups is 1. The molecule has 1 atom stereocenters. The molecule has 0 fully saturated rings. The zero-order valence-corrected chi connectivity index (χ0v) is 13.9. The molecule has 120 valence electrons. The lowest BCUT2D eigenvalue weighted by molar-refractivity contribution is -0.385. The van der Waals surface area contributed by atoms with Gasteiger partial charge >= 0.3 is 0 Å². The maximum Gasteiger partial charge on any atom is 0.274 e. The van der Waals surface area contributed by atoms with Crippen molar-refractivity contribution in [3.05, 3.63) is 68.7 Å². The number of amides is 1. The number of nitro benzene ring substituents is 1. The van der Waals surface area contributed by atoms with E-state index < -0.39 is 11.0 Å². The third-order valence-electron chi connectivity index (χ3n) is 3.14. The van der Waals surface area contributed by atoms with Gasteiger partial charge < -0.3 is 10.1 Å². The van der Waals surface area contributed by atoms with E-state index in [0.717, 1.165) is 4.47 Å². The van der Waals surface area contributed by atoms with Crippen LogP contribution in [0.4, 0.5) is 5.69 Å².